The van der Waals surface area contributed by atoms with Gasteiger partial charge in [0.1, 0.15) is 17.2 Å². The molecular weight excluding hydrogens is 356 g/mol. The number of likely N-dealkylation sites (N-methyl/N-ethyl adjacent to an activating group) is 1. The van der Waals surface area contributed by atoms with Gasteiger partial charge in [0.05, 0.1) is 27.4 Å². The molecule has 150 valence electrons. The lowest BCUT2D eigenvalue weighted by Gasteiger charge is -2.26. The number of nitrogens with zero attached hydrogens (tertiary/aromatic N) is 1. The van der Waals surface area contributed by atoms with Crippen LogP contribution in [0, 0.1) is 0 Å². The fourth-order valence-corrected chi connectivity index (χ4v) is 2.89. The normalized spacial score (nSPS) is 12.1. The van der Waals surface area contributed by atoms with Gasteiger partial charge in [-0.2, -0.15) is 0 Å². The summed E-state index contributed by atoms with van der Waals surface area (Å²) in [6, 6.07) is 13.3. The molecule has 0 heterocycles. The first-order chi connectivity index (χ1) is 13.5. The third-order valence-electron chi connectivity index (χ3n) is 4.45. The number of nitrogens with one attached hydrogen (secondary N) is 1. The molecule has 0 fully saturated rings. The highest BCUT2D eigenvalue weighted by atomic mass is 16.5. The Hall–Kier alpha value is -2.99. The van der Waals surface area contributed by atoms with Crippen molar-refractivity contribution in [2.45, 2.75) is 6.04 Å². The summed E-state index contributed by atoms with van der Waals surface area (Å²) in [6.07, 6.45) is 3.22. The molecule has 0 bridgehead atoms. The molecule has 0 aliphatic heterocycles. The van der Waals surface area contributed by atoms with Crippen molar-refractivity contribution in [3.05, 3.63) is 59.7 Å². The van der Waals surface area contributed by atoms with Gasteiger partial charge in [0.25, 0.3) is 0 Å². The summed E-state index contributed by atoms with van der Waals surface area (Å²) in [4.78, 5) is 14.4. The Kier molecular flexibility index (Phi) is 7.89. The predicted molar refractivity (Wildman–Crippen MR) is 111 cm³/mol. The average Bonchev–Trinajstić information content (AvgIpc) is 2.72. The molecule has 2 aromatic rings. The second-order valence-electron chi connectivity index (χ2n) is 6.41. The number of carbonyl (C=O) groups is 1. The van der Waals surface area contributed by atoms with Crippen LogP contribution < -0.4 is 19.5 Å². The number of rotatable bonds is 9. The lowest BCUT2D eigenvalue weighted by Crippen LogP contribution is -2.33. The maximum Gasteiger partial charge on any atom is 0.244 e. The molecule has 1 N–H and O–H groups in total. The lowest BCUT2D eigenvalue weighted by molar-refractivity contribution is -0.116. The van der Waals surface area contributed by atoms with Gasteiger partial charge in [0.2, 0.25) is 5.91 Å². The zero-order chi connectivity index (χ0) is 20.5. The minimum atomic E-state index is -0.181. The maximum atomic E-state index is 12.3. The van der Waals surface area contributed by atoms with E-state index in [1.807, 2.05) is 55.4 Å². The summed E-state index contributed by atoms with van der Waals surface area (Å²) in [5.41, 5.74) is 1.82. The second-order valence-corrected chi connectivity index (χ2v) is 6.41. The van der Waals surface area contributed by atoms with E-state index in [0.717, 1.165) is 16.9 Å². The van der Waals surface area contributed by atoms with Crippen LogP contribution in [0.5, 0.6) is 17.2 Å². The van der Waals surface area contributed by atoms with Gasteiger partial charge >= 0.3 is 0 Å². The van der Waals surface area contributed by atoms with Gasteiger partial charge in [0, 0.05) is 29.8 Å². The maximum absolute atomic E-state index is 12.3. The third-order valence-corrected chi connectivity index (χ3v) is 4.45. The largest absolute Gasteiger partial charge is 0.497 e. The first-order valence-electron chi connectivity index (χ1n) is 8.97. The van der Waals surface area contributed by atoms with Gasteiger partial charge in [0.15, 0.2) is 0 Å². The van der Waals surface area contributed by atoms with Crippen molar-refractivity contribution in [2.75, 3.05) is 42.0 Å². The van der Waals surface area contributed by atoms with Crippen LogP contribution in [-0.4, -0.2) is 52.8 Å². The molecule has 6 nitrogen and oxygen atoms in total. The molecule has 0 aromatic heterocycles. The lowest BCUT2D eigenvalue weighted by atomic mass is 10.0. The van der Waals surface area contributed by atoms with Gasteiger partial charge < -0.3 is 24.4 Å². The van der Waals surface area contributed by atoms with Crippen molar-refractivity contribution in [2.24, 2.45) is 0 Å². The van der Waals surface area contributed by atoms with Crippen molar-refractivity contribution < 1.29 is 19.0 Å². The smallest absolute Gasteiger partial charge is 0.244 e. The number of hydrogen-bond acceptors (Lipinski definition) is 5. The number of benzene rings is 2. The predicted octanol–water partition coefficient (Wildman–Crippen LogP) is 3.14. The van der Waals surface area contributed by atoms with E-state index in [1.165, 1.54) is 6.08 Å². The van der Waals surface area contributed by atoms with E-state index in [1.54, 1.807) is 33.5 Å². The average molecular weight is 384 g/mol. The zero-order valence-electron chi connectivity index (χ0n) is 17.1. The van der Waals surface area contributed by atoms with E-state index < -0.39 is 0 Å². The molecule has 0 saturated carbocycles. The monoisotopic (exact) mass is 384 g/mol. The highest BCUT2D eigenvalue weighted by Gasteiger charge is 2.18. The number of carbonyl (C=O) groups excluding carboxylic acids is 1. The summed E-state index contributed by atoms with van der Waals surface area (Å²) in [5.74, 6) is 1.96. The highest BCUT2D eigenvalue weighted by molar-refractivity contribution is 5.92. The molecule has 0 spiro atoms. The Labute approximate surface area is 166 Å². The van der Waals surface area contributed by atoms with Gasteiger partial charge in [-0.1, -0.05) is 18.2 Å². The quantitative estimate of drug-likeness (QED) is 0.673. The Morgan fingerprint density at radius 1 is 1.04 bits per heavy atom. The van der Waals surface area contributed by atoms with Crippen molar-refractivity contribution in [3.8, 4) is 17.2 Å². The van der Waals surface area contributed by atoms with Crippen LogP contribution in [0.3, 0.4) is 0 Å². The van der Waals surface area contributed by atoms with Gasteiger partial charge in [-0.15, -0.1) is 0 Å². The molecule has 1 atom stereocenters. The number of amides is 1. The first-order valence-corrected chi connectivity index (χ1v) is 8.97. The summed E-state index contributed by atoms with van der Waals surface area (Å²) >= 11 is 0. The van der Waals surface area contributed by atoms with Crippen molar-refractivity contribution >= 4 is 12.0 Å². The fraction of sp³-hybridized carbons (Fsp3) is 0.318. The minimum absolute atomic E-state index is 0.0102. The van der Waals surface area contributed by atoms with Crippen LogP contribution in [0.1, 0.15) is 17.2 Å². The van der Waals surface area contributed by atoms with E-state index in [9.17, 15) is 4.79 Å². The molecule has 2 aromatic carbocycles. The number of para-hydroxylation sites is 1. The third kappa shape index (κ3) is 5.50. The summed E-state index contributed by atoms with van der Waals surface area (Å²) in [6.45, 7) is 0.455. The Bertz CT molecular complexity index is 818. The first kappa shape index (κ1) is 21.3. The van der Waals surface area contributed by atoms with Crippen molar-refractivity contribution in [3.63, 3.8) is 0 Å². The summed E-state index contributed by atoms with van der Waals surface area (Å²) < 4.78 is 16.0. The van der Waals surface area contributed by atoms with Crippen LogP contribution in [0.15, 0.2) is 48.5 Å². The number of methoxy groups -OCH3 is 3. The molecular formula is C22H28N2O4. The van der Waals surface area contributed by atoms with E-state index in [4.69, 9.17) is 14.2 Å². The van der Waals surface area contributed by atoms with Crippen molar-refractivity contribution in [1.82, 2.24) is 10.2 Å². The zero-order valence-corrected chi connectivity index (χ0v) is 17.1. The van der Waals surface area contributed by atoms with Gasteiger partial charge in [-0.3, -0.25) is 4.79 Å². The van der Waals surface area contributed by atoms with Crippen LogP contribution in [0.25, 0.3) is 6.08 Å². The fourth-order valence-electron chi connectivity index (χ4n) is 2.89. The van der Waals surface area contributed by atoms with Crippen molar-refractivity contribution in [1.29, 1.82) is 0 Å². The molecule has 0 radical (unpaired) electrons. The standard InChI is InChI=1S/C22H28N2O4/c1-24(2)19(18-8-6-7-9-20(18)27-4)15-23-22(25)13-11-16-10-12-17(26-3)14-21(16)28-5/h6-14,19H,15H2,1-5H3,(H,23,25)/b13-11+. The van der Waals surface area contributed by atoms with E-state index in [-0.39, 0.29) is 11.9 Å². The Morgan fingerprint density at radius 2 is 1.75 bits per heavy atom. The van der Waals surface area contributed by atoms with Gasteiger partial charge in [-0.05, 0) is 38.4 Å². The van der Waals surface area contributed by atoms with Crippen LogP contribution in [0.2, 0.25) is 0 Å². The molecule has 2 rings (SSSR count). The summed E-state index contributed by atoms with van der Waals surface area (Å²) in [5, 5.41) is 2.96. The SMILES string of the molecule is COc1ccc(/C=C/C(=O)NCC(c2ccccc2OC)N(C)C)c(OC)c1. The Morgan fingerprint density at radius 3 is 2.39 bits per heavy atom. The molecule has 1 unspecified atom stereocenters. The molecule has 0 saturated heterocycles. The van der Waals surface area contributed by atoms with Gasteiger partial charge in [-0.25, -0.2) is 0 Å². The van der Waals surface area contributed by atoms with E-state index in [0.29, 0.717) is 18.0 Å². The van der Waals surface area contributed by atoms with Crippen LogP contribution in [-0.2, 0) is 4.79 Å². The number of hydrogen-bond donors (Lipinski definition) is 1. The topological polar surface area (TPSA) is 60.0 Å². The minimum Gasteiger partial charge on any atom is -0.497 e. The number of ether oxygens (including phenoxy) is 3. The highest BCUT2D eigenvalue weighted by Crippen LogP contribution is 2.27. The van der Waals surface area contributed by atoms with E-state index >= 15 is 0 Å². The molecule has 1 amide bonds. The van der Waals surface area contributed by atoms with E-state index in [2.05, 4.69) is 5.32 Å². The van der Waals surface area contributed by atoms with Crippen LogP contribution in [0.4, 0.5) is 0 Å². The molecule has 0 aliphatic carbocycles. The molecule has 28 heavy (non-hydrogen) atoms. The second kappa shape index (κ2) is 10.4. The molecule has 0 aliphatic rings. The molecule has 6 heteroatoms. The Balaban J connectivity index is 2.07. The summed E-state index contributed by atoms with van der Waals surface area (Å²) in [7, 11) is 8.78. The van der Waals surface area contributed by atoms with Crippen LogP contribution >= 0.6 is 0 Å².